The molecule has 1 N–H and O–H groups in total. The van der Waals surface area contributed by atoms with E-state index in [9.17, 15) is 18.0 Å². The third-order valence-corrected chi connectivity index (χ3v) is 3.55. The summed E-state index contributed by atoms with van der Waals surface area (Å²) in [6.07, 6.45) is -2.00. The second-order valence-electron chi connectivity index (χ2n) is 5.70. The number of ether oxygens (including phenoxy) is 1. The number of nitrogens with one attached hydrogen (secondary N) is 1. The van der Waals surface area contributed by atoms with E-state index in [2.05, 4.69) is 5.32 Å². The van der Waals surface area contributed by atoms with Gasteiger partial charge in [0.15, 0.2) is 0 Å². The van der Waals surface area contributed by atoms with Gasteiger partial charge in [0, 0.05) is 12.6 Å². The molecule has 122 valence electrons. The van der Waals surface area contributed by atoms with Gasteiger partial charge in [0.25, 0.3) is 0 Å². The number of alkyl halides is 3. The molecule has 1 aromatic rings. The predicted octanol–water partition coefficient (Wildman–Crippen LogP) is 3.18. The molecule has 1 fully saturated rings. The molecule has 3 nitrogen and oxygen atoms in total. The highest BCUT2D eigenvalue weighted by Crippen LogP contribution is 2.30. The van der Waals surface area contributed by atoms with Gasteiger partial charge in [-0.2, -0.15) is 13.2 Å². The lowest BCUT2D eigenvalue weighted by Crippen LogP contribution is -2.31. The molecule has 1 aliphatic carbocycles. The van der Waals surface area contributed by atoms with E-state index >= 15 is 0 Å². The molecule has 1 aliphatic rings. The van der Waals surface area contributed by atoms with Gasteiger partial charge in [0.1, 0.15) is 6.61 Å². The zero-order chi connectivity index (χ0) is 16.2. The maximum atomic E-state index is 12.6. The highest BCUT2D eigenvalue weighted by Gasteiger charge is 2.31. The summed E-state index contributed by atoms with van der Waals surface area (Å²) in [5.74, 6) is -0.0603. The van der Waals surface area contributed by atoms with E-state index in [0.717, 1.165) is 18.9 Å². The normalized spacial score (nSPS) is 16.4. The number of halogens is 3. The van der Waals surface area contributed by atoms with Gasteiger partial charge < -0.3 is 10.1 Å². The van der Waals surface area contributed by atoms with Gasteiger partial charge in [-0.15, -0.1) is 0 Å². The maximum absolute atomic E-state index is 12.6. The fraction of sp³-hybridized carbons (Fsp3) is 0.562. The van der Waals surface area contributed by atoms with Crippen LogP contribution in [0.1, 0.15) is 30.9 Å². The fourth-order valence-corrected chi connectivity index (χ4v) is 2.19. The number of benzene rings is 1. The first-order valence-electron chi connectivity index (χ1n) is 7.42. The van der Waals surface area contributed by atoms with Crippen LogP contribution in [0.5, 0.6) is 0 Å². The van der Waals surface area contributed by atoms with Gasteiger partial charge in [-0.3, -0.25) is 4.79 Å². The number of carbonyl (C=O) groups is 1. The molecule has 1 aromatic carbocycles. The molecule has 1 unspecified atom stereocenters. The van der Waals surface area contributed by atoms with Gasteiger partial charge in [0.05, 0.1) is 11.5 Å². The van der Waals surface area contributed by atoms with Gasteiger partial charge in [-0.25, -0.2) is 0 Å². The molecule has 0 spiro atoms. The number of hydrogen-bond acceptors (Lipinski definition) is 3. The summed E-state index contributed by atoms with van der Waals surface area (Å²) in [7, 11) is 0. The van der Waals surface area contributed by atoms with Crippen molar-refractivity contribution in [1.29, 1.82) is 0 Å². The molecule has 0 saturated heterocycles. The summed E-state index contributed by atoms with van der Waals surface area (Å²) in [4.78, 5) is 11.3. The third kappa shape index (κ3) is 5.33. The highest BCUT2D eigenvalue weighted by atomic mass is 19.4. The summed E-state index contributed by atoms with van der Waals surface area (Å²) in [5.41, 5.74) is 0.000337. The van der Waals surface area contributed by atoms with E-state index in [4.69, 9.17) is 4.74 Å². The Kier molecular flexibility index (Phi) is 5.45. The first kappa shape index (κ1) is 16.8. The Labute approximate surface area is 127 Å². The first-order chi connectivity index (χ1) is 10.4. The topological polar surface area (TPSA) is 38.3 Å². The van der Waals surface area contributed by atoms with Crippen LogP contribution in [0, 0.1) is 5.92 Å². The Morgan fingerprint density at radius 1 is 1.41 bits per heavy atom. The Balaban J connectivity index is 1.72. The molecule has 0 bridgehead atoms. The van der Waals surface area contributed by atoms with Crippen molar-refractivity contribution >= 4 is 5.97 Å². The van der Waals surface area contributed by atoms with Crippen LogP contribution in [0.4, 0.5) is 13.2 Å². The van der Waals surface area contributed by atoms with Crippen LogP contribution < -0.4 is 5.32 Å². The van der Waals surface area contributed by atoms with E-state index in [1.165, 1.54) is 12.1 Å². The number of carbonyl (C=O) groups excluding carboxylic acids is 1. The molecular formula is C16H20F3NO2. The van der Waals surface area contributed by atoms with Crippen molar-refractivity contribution in [3.8, 4) is 0 Å². The average Bonchev–Trinajstić information content (AvgIpc) is 3.27. The number of hydrogen-bond donors (Lipinski definition) is 1. The summed E-state index contributed by atoms with van der Waals surface area (Å²) >= 11 is 0. The molecule has 6 heteroatoms. The molecular weight excluding hydrogens is 295 g/mol. The zero-order valence-corrected chi connectivity index (χ0v) is 12.5. The summed E-state index contributed by atoms with van der Waals surface area (Å²) in [6, 6.07) is 5.34. The van der Waals surface area contributed by atoms with Crippen molar-refractivity contribution in [2.45, 2.75) is 38.4 Å². The SMILES string of the molecule is CC(Cc1cccc(C(F)(F)F)c1)NCCOC(=O)C1CC1. The lowest BCUT2D eigenvalue weighted by molar-refractivity contribution is -0.145. The van der Waals surface area contributed by atoms with Gasteiger partial charge in [0.2, 0.25) is 0 Å². The van der Waals surface area contributed by atoms with E-state index < -0.39 is 11.7 Å². The van der Waals surface area contributed by atoms with Crippen molar-refractivity contribution in [3.63, 3.8) is 0 Å². The smallest absolute Gasteiger partial charge is 0.416 e. The van der Waals surface area contributed by atoms with Crippen molar-refractivity contribution in [2.24, 2.45) is 5.92 Å². The van der Waals surface area contributed by atoms with Crippen molar-refractivity contribution in [2.75, 3.05) is 13.2 Å². The molecule has 1 atom stereocenters. The number of rotatable bonds is 7. The van der Waals surface area contributed by atoms with Crippen LogP contribution in [0.2, 0.25) is 0 Å². The van der Waals surface area contributed by atoms with Crippen LogP contribution in [0.25, 0.3) is 0 Å². The maximum Gasteiger partial charge on any atom is 0.416 e. The predicted molar refractivity (Wildman–Crippen MR) is 76.3 cm³/mol. The Morgan fingerprint density at radius 3 is 2.77 bits per heavy atom. The van der Waals surface area contributed by atoms with E-state index in [1.807, 2.05) is 6.92 Å². The zero-order valence-electron chi connectivity index (χ0n) is 12.5. The van der Waals surface area contributed by atoms with Crippen molar-refractivity contribution < 1.29 is 22.7 Å². The standard InChI is InChI=1S/C16H20F3NO2/c1-11(20-7-8-22-15(21)13-5-6-13)9-12-3-2-4-14(10-12)16(17,18)19/h2-4,10-11,13,20H,5-9H2,1H3. The Morgan fingerprint density at radius 2 is 2.14 bits per heavy atom. The second kappa shape index (κ2) is 7.13. The Bertz CT molecular complexity index is 512. The van der Waals surface area contributed by atoms with Gasteiger partial charge in [-0.05, 0) is 37.8 Å². The lowest BCUT2D eigenvalue weighted by Gasteiger charge is -2.15. The second-order valence-corrected chi connectivity index (χ2v) is 5.70. The summed E-state index contributed by atoms with van der Waals surface area (Å²) in [5, 5.41) is 3.15. The lowest BCUT2D eigenvalue weighted by atomic mass is 10.0. The van der Waals surface area contributed by atoms with Crippen LogP contribution in [-0.2, 0) is 22.1 Å². The van der Waals surface area contributed by atoms with Crippen molar-refractivity contribution in [3.05, 3.63) is 35.4 Å². The quantitative estimate of drug-likeness (QED) is 0.620. The van der Waals surface area contributed by atoms with Crippen LogP contribution in [0.3, 0.4) is 0 Å². The monoisotopic (exact) mass is 315 g/mol. The van der Waals surface area contributed by atoms with Crippen LogP contribution in [0.15, 0.2) is 24.3 Å². The molecule has 0 amide bonds. The minimum atomic E-state index is -4.32. The Hall–Kier alpha value is -1.56. The van der Waals surface area contributed by atoms with Crippen LogP contribution >= 0.6 is 0 Å². The largest absolute Gasteiger partial charge is 0.464 e. The minimum absolute atomic E-state index is 0.00288. The molecule has 0 aromatic heterocycles. The molecule has 1 saturated carbocycles. The molecule has 0 aliphatic heterocycles. The van der Waals surface area contributed by atoms with E-state index in [-0.39, 0.29) is 17.9 Å². The first-order valence-corrected chi connectivity index (χ1v) is 7.42. The van der Waals surface area contributed by atoms with Gasteiger partial charge in [-0.1, -0.05) is 18.2 Å². The molecule has 0 radical (unpaired) electrons. The fourth-order valence-electron chi connectivity index (χ4n) is 2.19. The molecule has 0 heterocycles. The van der Waals surface area contributed by atoms with Gasteiger partial charge >= 0.3 is 12.1 Å². The summed E-state index contributed by atoms with van der Waals surface area (Å²) < 4.78 is 43.0. The van der Waals surface area contributed by atoms with Crippen LogP contribution in [-0.4, -0.2) is 25.2 Å². The minimum Gasteiger partial charge on any atom is -0.464 e. The van der Waals surface area contributed by atoms with Crippen molar-refractivity contribution in [1.82, 2.24) is 5.32 Å². The third-order valence-electron chi connectivity index (χ3n) is 3.55. The number of esters is 1. The molecule has 22 heavy (non-hydrogen) atoms. The average molecular weight is 315 g/mol. The van der Waals surface area contributed by atoms with E-state index in [0.29, 0.717) is 25.1 Å². The summed E-state index contributed by atoms with van der Waals surface area (Å²) in [6.45, 7) is 2.68. The molecule has 2 rings (SSSR count). The van der Waals surface area contributed by atoms with E-state index in [1.54, 1.807) is 6.07 Å². The highest BCUT2D eigenvalue weighted by molar-refractivity contribution is 5.74.